The van der Waals surface area contributed by atoms with Crippen LogP contribution in [0.5, 0.6) is 5.88 Å². The molecule has 0 aliphatic heterocycles. The lowest BCUT2D eigenvalue weighted by atomic mass is 10.3. The highest BCUT2D eigenvalue weighted by Crippen LogP contribution is 2.26. The Hall–Kier alpha value is -3.63. The van der Waals surface area contributed by atoms with Crippen molar-refractivity contribution in [3.63, 3.8) is 0 Å². The van der Waals surface area contributed by atoms with E-state index in [2.05, 4.69) is 30.4 Å². The first-order valence-corrected chi connectivity index (χ1v) is 9.63. The van der Waals surface area contributed by atoms with E-state index in [9.17, 15) is 4.79 Å². The Labute approximate surface area is 182 Å². The van der Waals surface area contributed by atoms with Gasteiger partial charge in [0.1, 0.15) is 17.5 Å². The molecule has 1 atom stereocenters. The molecule has 158 valence electrons. The molecule has 10 nitrogen and oxygen atoms in total. The molecule has 0 fully saturated rings. The number of carbonyl (C=O) groups is 1. The molecule has 0 bridgehead atoms. The predicted molar refractivity (Wildman–Crippen MR) is 113 cm³/mol. The largest absolute Gasteiger partial charge is 0.461 e. The van der Waals surface area contributed by atoms with Crippen LogP contribution in [0.15, 0.2) is 49.2 Å². The van der Waals surface area contributed by atoms with Gasteiger partial charge in [-0.3, -0.25) is 4.79 Å². The lowest BCUT2D eigenvalue weighted by molar-refractivity contribution is -0.125. The van der Waals surface area contributed by atoms with E-state index in [1.54, 1.807) is 30.6 Å². The number of anilines is 1. The monoisotopic (exact) mass is 439 g/mol. The number of carbonyl (C=O) groups excluding carboxylic acids is 1. The Bertz CT molecular complexity index is 1210. The van der Waals surface area contributed by atoms with E-state index in [0.29, 0.717) is 27.7 Å². The van der Waals surface area contributed by atoms with Gasteiger partial charge < -0.3 is 14.8 Å². The Morgan fingerprint density at radius 2 is 2.06 bits per heavy atom. The van der Waals surface area contributed by atoms with Gasteiger partial charge in [0.25, 0.3) is 5.91 Å². The Balaban J connectivity index is 1.62. The van der Waals surface area contributed by atoms with Crippen molar-refractivity contribution in [3.8, 4) is 11.7 Å². The summed E-state index contributed by atoms with van der Waals surface area (Å²) >= 11 is 6.24. The second-order valence-corrected chi connectivity index (χ2v) is 6.96. The highest BCUT2D eigenvalue weighted by atomic mass is 35.5. The highest BCUT2D eigenvalue weighted by molar-refractivity contribution is 6.32. The van der Waals surface area contributed by atoms with E-state index in [1.807, 2.05) is 13.0 Å². The zero-order chi connectivity index (χ0) is 21.8. The minimum absolute atomic E-state index is 0.00337. The van der Waals surface area contributed by atoms with Crippen LogP contribution in [-0.2, 0) is 9.53 Å². The third-order valence-electron chi connectivity index (χ3n) is 4.30. The van der Waals surface area contributed by atoms with Gasteiger partial charge in [-0.1, -0.05) is 17.7 Å². The highest BCUT2D eigenvalue weighted by Gasteiger charge is 2.24. The molecule has 0 aliphatic carbocycles. The van der Waals surface area contributed by atoms with Crippen LogP contribution in [0.1, 0.15) is 5.56 Å². The molecule has 1 N–H and O–H groups in total. The third kappa shape index (κ3) is 4.44. The summed E-state index contributed by atoms with van der Waals surface area (Å²) in [4.78, 5) is 29.6. The maximum absolute atomic E-state index is 12.8. The summed E-state index contributed by atoms with van der Waals surface area (Å²) < 4.78 is 12.5. The van der Waals surface area contributed by atoms with Crippen molar-refractivity contribution in [1.82, 2.24) is 29.7 Å². The number of methoxy groups -OCH3 is 1. The Kier molecular flexibility index (Phi) is 6.01. The molecular weight excluding hydrogens is 422 g/mol. The first kappa shape index (κ1) is 20.6. The van der Waals surface area contributed by atoms with Gasteiger partial charge in [0, 0.05) is 19.5 Å². The van der Waals surface area contributed by atoms with Crippen LogP contribution in [0, 0.1) is 6.92 Å². The number of pyridine rings is 2. The number of nitrogens with zero attached hydrogens (tertiary/aromatic N) is 6. The summed E-state index contributed by atoms with van der Waals surface area (Å²) in [5, 5.41) is 7.93. The van der Waals surface area contributed by atoms with Gasteiger partial charge in [-0.15, -0.1) is 0 Å². The number of rotatable bonds is 7. The number of nitrogens with one attached hydrogen (secondary N) is 1. The topological polar surface area (TPSA) is 117 Å². The summed E-state index contributed by atoms with van der Waals surface area (Å²) in [7, 11) is 1.48. The number of hydrogen-bond acceptors (Lipinski definition) is 8. The summed E-state index contributed by atoms with van der Waals surface area (Å²) in [6.45, 7) is 1.91. The number of hydrogen-bond donors (Lipinski definition) is 1. The van der Waals surface area contributed by atoms with Crippen LogP contribution >= 0.6 is 11.6 Å². The van der Waals surface area contributed by atoms with Crippen molar-refractivity contribution in [1.29, 1.82) is 0 Å². The van der Waals surface area contributed by atoms with Crippen molar-refractivity contribution in [3.05, 3.63) is 59.8 Å². The lowest BCUT2D eigenvalue weighted by Crippen LogP contribution is -2.37. The number of fused-ring (bicyclic) bond motifs is 1. The molecule has 0 saturated heterocycles. The average Bonchev–Trinajstić information content (AvgIpc) is 3.20. The van der Waals surface area contributed by atoms with Crippen LogP contribution in [0.2, 0.25) is 5.02 Å². The molecule has 4 aromatic heterocycles. The number of ether oxygens (including phenoxy) is 2. The van der Waals surface area contributed by atoms with Gasteiger partial charge in [-0.25, -0.2) is 19.9 Å². The van der Waals surface area contributed by atoms with Gasteiger partial charge in [-0.2, -0.15) is 9.78 Å². The average molecular weight is 440 g/mol. The van der Waals surface area contributed by atoms with Crippen molar-refractivity contribution < 1.29 is 14.3 Å². The fourth-order valence-electron chi connectivity index (χ4n) is 2.80. The summed E-state index contributed by atoms with van der Waals surface area (Å²) in [6, 6.07) is 6.98. The van der Waals surface area contributed by atoms with E-state index in [4.69, 9.17) is 21.1 Å². The first-order valence-electron chi connectivity index (χ1n) is 9.25. The number of aryl methyl sites for hydroxylation is 1. The molecule has 4 heterocycles. The summed E-state index contributed by atoms with van der Waals surface area (Å²) in [5.74, 6) is 0.577. The number of halogens is 1. The van der Waals surface area contributed by atoms with Crippen molar-refractivity contribution in [2.45, 2.75) is 13.0 Å². The zero-order valence-electron chi connectivity index (χ0n) is 16.7. The van der Waals surface area contributed by atoms with Gasteiger partial charge >= 0.3 is 0 Å². The molecule has 0 aromatic carbocycles. The zero-order valence-corrected chi connectivity index (χ0v) is 17.4. The predicted octanol–water partition coefficient (Wildman–Crippen LogP) is 2.60. The Morgan fingerprint density at radius 3 is 2.81 bits per heavy atom. The second-order valence-electron chi connectivity index (χ2n) is 6.55. The second kappa shape index (κ2) is 9.02. The van der Waals surface area contributed by atoms with Crippen molar-refractivity contribution in [2.24, 2.45) is 0 Å². The first-order chi connectivity index (χ1) is 15.1. The van der Waals surface area contributed by atoms with E-state index in [-0.39, 0.29) is 12.5 Å². The fraction of sp³-hybridized carbons (Fsp3) is 0.200. The number of aromatic nitrogens is 6. The minimum Gasteiger partial charge on any atom is -0.461 e. The molecule has 0 saturated carbocycles. The molecular formula is C20H18ClN7O3. The standard InChI is InChI=1S/C20H18ClN7O3/c1-12-5-6-16(23-8-12)27-19(29)15(10-30-2)31-20-13-9-26-28(17(13)24-11-25-20)18-14(21)4-3-7-22-18/h3-9,11,15H,10H2,1-2H3,(H,23,27,29)/t15-/m0/s1. The fourth-order valence-corrected chi connectivity index (χ4v) is 3.00. The van der Waals surface area contributed by atoms with Crippen molar-refractivity contribution in [2.75, 3.05) is 19.0 Å². The molecule has 0 unspecified atom stereocenters. The molecule has 11 heteroatoms. The third-order valence-corrected chi connectivity index (χ3v) is 4.59. The Morgan fingerprint density at radius 1 is 1.19 bits per heavy atom. The number of amides is 1. The maximum atomic E-state index is 12.8. The van der Waals surface area contributed by atoms with Crippen LogP contribution in [0.25, 0.3) is 16.9 Å². The van der Waals surface area contributed by atoms with Crippen molar-refractivity contribution >= 4 is 34.4 Å². The van der Waals surface area contributed by atoms with Gasteiger partial charge in [0.05, 0.1) is 17.8 Å². The molecule has 1 amide bonds. The van der Waals surface area contributed by atoms with E-state index in [0.717, 1.165) is 5.56 Å². The van der Waals surface area contributed by atoms with E-state index < -0.39 is 12.0 Å². The lowest BCUT2D eigenvalue weighted by Gasteiger charge is -2.17. The molecule has 4 aromatic rings. The van der Waals surface area contributed by atoms with Crippen LogP contribution in [-0.4, -0.2) is 55.4 Å². The van der Waals surface area contributed by atoms with E-state index in [1.165, 1.54) is 24.3 Å². The smallest absolute Gasteiger partial charge is 0.269 e. The molecule has 0 radical (unpaired) electrons. The quantitative estimate of drug-likeness (QED) is 0.467. The maximum Gasteiger partial charge on any atom is 0.269 e. The summed E-state index contributed by atoms with van der Waals surface area (Å²) in [5.41, 5.74) is 1.42. The molecule has 0 spiro atoms. The van der Waals surface area contributed by atoms with Gasteiger partial charge in [0.2, 0.25) is 12.0 Å². The molecule has 31 heavy (non-hydrogen) atoms. The molecule has 0 aliphatic rings. The van der Waals surface area contributed by atoms with E-state index >= 15 is 0 Å². The molecule has 4 rings (SSSR count). The SMILES string of the molecule is COC[C@H](Oc1ncnc2c1cnn2-c1ncccc1Cl)C(=O)Nc1ccc(C)cn1. The van der Waals surface area contributed by atoms with Gasteiger partial charge in [-0.05, 0) is 30.7 Å². The van der Waals surface area contributed by atoms with Crippen LogP contribution in [0.4, 0.5) is 5.82 Å². The summed E-state index contributed by atoms with van der Waals surface area (Å²) in [6.07, 6.45) is 5.13. The normalized spacial score (nSPS) is 12.0. The minimum atomic E-state index is -0.979. The van der Waals surface area contributed by atoms with Crippen LogP contribution < -0.4 is 10.1 Å². The van der Waals surface area contributed by atoms with Gasteiger partial charge in [0.15, 0.2) is 11.5 Å². The van der Waals surface area contributed by atoms with Crippen LogP contribution in [0.3, 0.4) is 0 Å².